The van der Waals surface area contributed by atoms with Gasteiger partial charge in [-0.2, -0.15) is 0 Å². The van der Waals surface area contributed by atoms with E-state index in [9.17, 15) is 4.79 Å². The van der Waals surface area contributed by atoms with Gasteiger partial charge in [0.15, 0.2) is 0 Å². The zero-order valence-corrected chi connectivity index (χ0v) is 14.2. The number of ketones is 1. The summed E-state index contributed by atoms with van der Waals surface area (Å²) < 4.78 is 0. The molecule has 0 saturated heterocycles. The van der Waals surface area contributed by atoms with Gasteiger partial charge < -0.3 is 0 Å². The fraction of sp³-hybridized carbons (Fsp3) is 0.348. The predicted molar refractivity (Wildman–Crippen MR) is 101 cm³/mol. The Labute approximate surface area is 145 Å². The molecule has 0 heterocycles. The van der Waals surface area contributed by atoms with Crippen LogP contribution in [0.25, 0.3) is 6.08 Å². The van der Waals surface area contributed by atoms with Gasteiger partial charge in [-0.25, -0.2) is 0 Å². The van der Waals surface area contributed by atoms with Crippen LogP contribution in [0.3, 0.4) is 0 Å². The smallest absolute Gasteiger partial charge is 0.136 e. The number of benzene rings is 2. The highest BCUT2D eigenvalue weighted by Gasteiger charge is 2.23. The molecule has 3 rings (SSSR count). The molecule has 0 N–H and O–H groups in total. The van der Waals surface area contributed by atoms with E-state index < -0.39 is 0 Å². The lowest BCUT2D eigenvalue weighted by Gasteiger charge is -2.22. The molecule has 0 spiro atoms. The first-order valence-electron chi connectivity index (χ1n) is 9.14. The molecule has 0 bridgehead atoms. The van der Waals surface area contributed by atoms with Crippen LogP contribution in [-0.2, 0) is 4.79 Å². The Balaban J connectivity index is 1.75. The van der Waals surface area contributed by atoms with Crippen LogP contribution in [0.15, 0.2) is 66.7 Å². The van der Waals surface area contributed by atoms with Gasteiger partial charge in [-0.1, -0.05) is 92.1 Å². The zero-order chi connectivity index (χ0) is 16.6. The summed E-state index contributed by atoms with van der Waals surface area (Å²) in [5.74, 6) is 0.900. The molecular weight excluding hydrogens is 292 g/mol. The van der Waals surface area contributed by atoms with Crippen molar-refractivity contribution in [2.45, 2.75) is 44.4 Å². The Bertz CT molecular complexity index is 651. The monoisotopic (exact) mass is 318 g/mol. The number of carbonyl (C=O) groups is 1. The minimum Gasteiger partial charge on any atom is -0.299 e. The lowest BCUT2D eigenvalue weighted by atomic mass is 9.81. The molecule has 1 aliphatic carbocycles. The van der Waals surface area contributed by atoms with E-state index in [1.807, 2.05) is 24.3 Å². The lowest BCUT2D eigenvalue weighted by molar-refractivity contribution is -0.123. The molecule has 1 saturated carbocycles. The average molecular weight is 318 g/mol. The Kier molecular flexibility index (Phi) is 6.01. The Morgan fingerprint density at radius 3 is 2.21 bits per heavy atom. The van der Waals surface area contributed by atoms with Crippen LogP contribution in [-0.4, -0.2) is 5.78 Å². The summed E-state index contributed by atoms with van der Waals surface area (Å²) >= 11 is 0. The van der Waals surface area contributed by atoms with Gasteiger partial charge in [-0.15, -0.1) is 0 Å². The molecule has 24 heavy (non-hydrogen) atoms. The fourth-order valence-electron chi connectivity index (χ4n) is 3.60. The van der Waals surface area contributed by atoms with E-state index in [-0.39, 0.29) is 11.8 Å². The minimum absolute atomic E-state index is 0.167. The van der Waals surface area contributed by atoms with Crippen molar-refractivity contribution in [3.8, 4) is 0 Å². The molecule has 1 fully saturated rings. The van der Waals surface area contributed by atoms with E-state index in [1.54, 1.807) is 0 Å². The second kappa shape index (κ2) is 8.63. The van der Waals surface area contributed by atoms with Crippen LogP contribution in [0, 0.1) is 5.92 Å². The van der Waals surface area contributed by atoms with E-state index >= 15 is 0 Å². The number of Topliss-reactive ketones (excluding diaryl/α,β-unsaturated/α-hetero) is 1. The number of hydrogen-bond donors (Lipinski definition) is 0. The third-order valence-corrected chi connectivity index (χ3v) is 5.03. The van der Waals surface area contributed by atoms with Crippen molar-refractivity contribution < 1.29 is 4.79 Å². The van der Waals surface area contributed by atoms with E-state index in [0.29, 0.717) is 12.2 Å². The van der Waals surface area contributed by atoms with Gasteiger partial charge in [0, 0.05) is 18.3 Å². The molecule has 0 aliphatic heterocycles. The number of carbonyl (C=O) groups excluding carboxylic acids is 1. The van der Waals surface area contributed by atoms with Gasteiger partial charge >= 0.3 is 0 Å². The standard InChI is InChI=1S/C23H26O/c24-23(21-14-8-3-9-15-21)18-22(20-12-6-2-7-13-20)17-16-19-10-4-1-5-11-19/h1-2,4-7,10-13,16-17,21-22H,3,8-9,14-15,18H2/b17-16+. The van der Waals surface area contributed by atoms with E-state index in [4.69, 9.17) is 0 Å². The van der Waals surface area contributed by atoms with E-state index in [0.717, 1.165) is 12.8 Å². The first kappa shape index (κ1) is 16.7. The summed E-state index contributed by atoms with van der Waals surface area (Å²) in [4.78, 5) is 12.8. The summed E-state index contributed by atoms with van der Waals surface area (Å²) in [6.45, 7) is 0. The molecule has 1 unspecified atom stereocenters. The quantitative estimate of drug-likeness (QED) is 0.636. The predicted octanol–water partition coefficient (Wildman–Crippen LogP) is 6.02. The fourth-order valence-corrected chi connectivity index (χ4v) is 3.60. The maximum Gasteiger partial charge on any atom is 0.136 e. The normalized spacial score (nSPS) is 17.0. The second-order valence-electron chi connectivity index (χ2n) is 6.79. The number of hydrogen-bond acceptors (Lipinski definition) is 1. The van der Waals surface area contributed by atoms with Crippen molar-refractivity contribution in [2.75, 3.05) is 0 Å². The summed E-state index contributed by atoms with van der Waals surface area (Å²) in [7, 11) is 0. The highest BCUT2D eigenvalue weighted by Crippen LogP contribution is 2.30. The van der Waals surface area contributed by atoms with Crippen molar-refractivity contribution in [3.63, 3.8) is 0 Å². The average Bonchev–Trinajstić information content (AvgIpc) is 2.67. The van der Waals surface area contributed by atoms with Crippen molar-refractivity contribution in [1.29, 1.82) is 0 Å². The Morgan fingerprint density at radius 1 is 0.917 bits per heavy atom. The summed E-state index contributed by atoms with van der Waals surface area (Å²) in [5.41, 5.74) is 2.41. The molecule has 1 aliphatic rings. The van der Waals surface area contributed by atoms with Crippen LogP contribution in [0.2, 0.25) is 0 Å². The molecule has 0 amide bonds. The molecular formula is C23H26O. The van der Waals surface area contributed by atoms with Gasteiger partial charge in [-0.05, 0) is 24.0 Å². The van der Waals surface area contributed by atoms with Crippen molar-refractivity contribution >= 4 is 11.9 Å². The summed E-state index contributed by atoms with van der Waals surface area (Å²) in [6, 6.07) is 20.7. The molecule has 1 heteroatoms. The molecule has 1 nitrogen and oxygen atoms in total. The molecule has 2 aromatic carbocycles. The highest BCUT2D eigenvalue weighted by molar-refractivity contribution is 5.82. The Hall–Kier alpha value is -2.15. The topological polar surface area (TPSA) is 17.1 Å². The molecule has 0 radical (unpaired) electrons. The molecule has 0 aromatic heterocycles. The first-order chi connectivity index (χ1) is 11.8. The van der Waals surface area contributed by atoms with Crippen LogP contribution < -0.4 is 0 Å². The zero-order valence-electron chi connectivity index (χ0n) is 14.2. The molecule has 1 atom stereocenters. The van der Waals surface area contributed by atoms with Crippen molar-refractivity contribution in [2.24, 2.45) is 5.92 Å². The van der Waals surface area contributed by atoms with Crippen molar-refractivity contribution in [1.82, 2.24) is 0 Å². The first-order valence-corrected chi connectivity index (χ1v) is 9.14. The molecule has 124 valence electrons. The van der Waals surface area contributed by atoms with Gasteiger partial charge in [0.25, 0.3) is 0 Å². The second-order valence-corrected chi connectivity index (χ2v) is 6.79. The van der Waals surface area contributed by atoms with Crippen LogP contribution in [0.1, 0.15) is 55.6 Å². The van der Waals surface area contributed by atoms with Crippen LogP contribution in [0.4, 0.5) is 0 Å². The van der Waals surface area contributed by atoms with Gasteiger partial charge in [0.1, 0.15) is 5.78 Å². The third-order valence-electron chi connectivity index (χ3n) is 5.03. The van der Waals surface area contributed by atoms with Gasteiger partial charge in [0.2, 0.25) is 0 Å². The highest BCUT2D eigenvalue weighted by atomic mass is 16.1. The molecule has 2 aromatic rings. The van der Waals surface area contributed by atoms with E-state index in [1.165, 1.54) is 30.4 Å². The van der Waals surface area contributed by atoms with Gasteiger partial charge in [-0.3, -0.25) is 4.79 Å². The SMILES string of the molecule is O=C(CC(/C=C/c1ccccc1)c1ccccc1)C1CCCCC1. The van der Waals surface area contributed by atoms with Crippen molar-refractivity contribution in [3.05, 3.63) is 77.9 Å². The number of allylic oxidation sites excluding steroid dienone is 1. The van der Waals surface area contributed by atoms with Crippen LogP contribution in [0.5, 0.6) is 0 Å². The lowest BCUT2D eigenvalue weighted by Crippen LogP contribution is -2.19. The third kappa shape index (κ3) is 4.67. The van der Waals surface area contributed by atoms with E-state index in [2.05, 4.69) is 48.6 Å². The number of rotatable bonds is 6. The maximum atomic E-state index is 12.8. The van der Waals surface area contributed by atoms with Gasteiger partial charge in [0.05, 0.1) is 0 Å². The summed E-state index contributed by atoms with van der Waals surface area (Å²) in [5, 5.41) is 0. The maximum absolute atomic E-state index is 12.8. The Morgan fingerprint density at radius 2 is 1.54 bits per heavy atom. The largest absolute Gasteiger partial charge is 0.299 e. The van der Waals surface area contributed by atoms with Crippen LogP contribution >= 0.6 is 0 Å². The minimum atomic E-state index is 0.167. The summed E-state index contributed by atoms with van der Waals surface area (Å²) in [6.07, 6.45) is 10.9.